The van der Waals surface area contributed by atoms with Crippen molar-refractivity contribution in [1.29, 1.82) is 0 Å². The molecule has 0 saturated carbocycles. The molecule has 0 radical (unpaired) electrons. The number of hydrogen-bond acceptors (Lipinski definition) is 6. The first-order chi connectivity index (χ1) is 11.7. The van der Waals surface area contributed by atoms with Crippen molar-refractivity contribution in [2.45, 2.75) is 39.3 Å². The minimum atomic E-state index is 0.219. The van der Waals surface area contributed by atoms with E-state index in [1.807, 2.05) is 31.2 Å². The van der Waals surface area contributed by atoms with Crippen LogP contribution in [0, 0.1) is 13.8 Å². The van der Waals surface area contributed by atoms with Gasteiger partial charge < -0.3 is 4.52 Å². The van der Waals surface area contributed by atoms with Crippen molar-refractivity contribution < 1.29 is 4.52 Å². The maximum absolute atomic E-state index is 5.42. The Hall–Kier alpha value is -2.54. The first kappa shape index (κ1) is 15.0. The van der Waals surface area contributed by atoms with E-state index in [-0.39, 0.29) is 6.04 Å². The van der Waals surface area contributed by atoms with E-state index >= 15 is 0 Å². The van der Waals surface area contributed by atoms with Crippen molar-refractivity contribution in [3.05, 3.63) is 47.3 Å². The van der Waals surface area contributed by atoms with Crippen LogP contribution in [0.1, 0.15) is 41.9 Å². The second-order valence-corrected chi connectivity index (χ2v) is 6.29. The molecule has 1 aliphatic rings. The number of rotatable bonds is 4. The summed E-state index contributed by atoms with van der Waals surface area (Å²) in [5.41, 5.74) is 2.15. The van der Waals surface area contributed by atoms with Gasteiger partial charge in [-0.05, 0) is 45.4 Å². The van der Waals surface area contributed by atoms with Gasteiger partial charge in [-0.2, -0.15) is 10.1 Å². The number of nitrogens with zero attached hydrogens (tertiary/aromatic N) is 5. The highest BCUT2D eigenvalue weighted by atomic mass is 16.5. The summed E-state index contributed by atoms with van der Waals surface area (Å²) in [7, 11) is 0. The van der Waals surface area contributed by atoms with E-state index in [1.165, 1.54) is 5.56 Å². The Morgan fingerprint density at radius 2 is 2.04 bits per heavy atom. The van der Waals surface area contributed by atoms with Crippen LogP contribution in [0.2, 0.25) is 0 Å². The monoisotopic (exact) mass is 324 g/mol. The molecular formula is C17H20N6O. The van der Waals surface area contributed by atoms with Gasteiger partial charge in [-0.25, -0.2) is 4.98 Å². The van der Waals surface area contributed by atoms with Gasteiger partial charge in [-0.15, -0.1) is 0 Å². The highest BCUT2D eigenvalue weighted by Gasteiger charge is 2.30. The Kier molecular flexibility index (Phi) is 3.86. The minimum absolute atomic E-state index is 0.219. The molecule has 1 unspecified atom stereocenters. The molecule has 24 heavy (non-hydrogen) atoms. The summed E-state index contributed by atoms with van der Waals surface area (Å²) < 4.78 is 5.42. The molecule has 7 heteroatoms. The first-order valence-electron chi connectivity index (χ1n) is 8.21. The molecule has 1 fully saturated rings. The number of nitrogens with one attached hydrogen (secondary N) is 1. The first-order valence-corrected chi connectivity index (χ1v) is 8.21. The second-order valence-electron chi connectivity index (χ2n) is 6.29. The summed E-state index contributed by atoms with van der Waals surface area (Å²) in [5, 5.41) is 11.4. The lowest BCUT2D eigenvalue weighted by Gasteiger charge is -2.19. The number of H-pyrrole nitrogens is 1. The van der Waals surface area contributed by atoms with Crippen LogP contribution in [0.5, 0.6) is 0 Å². The average molecular weight is 324 g/mol. The number of aromatic amines is 1. The largest absolute Gasteiger partial charge is 0.334 e. The van der Waals surface area contributed by atoms with Gasteiger partial charge in [0.1, 0.15) is 5.82 Å². The Morgan fingerprint density at radius 1 is 1.21 bits per heavy atom. The van der Waals surface area contributed by atoms with E-state index in [0.717, 1.165) is 36.6 Å². The third-order valence-corrected chi connectivity index (χ3v) is 4.39. The van der Waals surface area contributed by atoms with Gasteiger partial charge in [0.15, 0.2) is 11.6 Å². The standard InChI is InChI=1S/C17H20N6O/c1-11-5-7-13(8-6-11)17-19-15(22-24-17)10-23-9-3-4-14(23)16-18-12(2)20-21-16/h5-8,14H,3-4,9-10H2,1-2H3,(H,18,20,21). The van der Waals surface area contributed by atoms with E-state index in [1.54, 1.807) is 0 Å². The molecule has 4 rings (SSSR count). The lowest BCUT2D eigenvalue weighted by atomic mass is 10.1. The van der Waals surface area contributed by atoms with E-state index < -0.39 is 0 Å². The summed E-state index contributed by atoms with van der Waals surface area (Å²) in [6.07, 6.45) is 2.18. The van der Waals surface area contributed by atoms with Gasteiger partial charge in [0, 0.05) is 5.56 Å². The number of hydrogen-bond donors (Lipinski definition) is 1. The van der Waals surface area contributed by atoms with Gasteiger partial charge in [-0.3, -0.25) is 10.00 Å². The van der Waals surface area contributed by atoms with Crippen LogP contribution in [0.4, 0.5) is 0 Å². The van der Waals surface area contributed by atoms with Crippen LogP contribution in [-0.2, 0) is 6.54 Å². The zero-order valence-corrected chi connectivity index (χ0v) is 13.9. The van der Waals surface area contributed by atoms with Crippen LogP contribution in [0.3, 0.4) is 0 Å². The van der Waals surface area contributed by atoms with E-state index in [0.29, 0.717) is 18.3 Å². The molecule has 0 amide bonds. The van der Waals surface area contributed by atoms with Crippen molar-refractivity contribution >= 4 is 0 Å². The predicted octanol–water partition coefficient (Wildman–Crippen LogP) is 2.81. The quantitative estimate of drug-likeness (QED) is 0.794. The third kappa shape index (κ3) is 2.94. The highest BCUT2D eigenvalue weighted by Crippen LogP contribution is 2.31. The fourth-order valence-electron chi connectivity index (χ4n) is 3.13. The van der Waals surface area contributed by atoms with E-state index in [9.17, 15) is 0 Å². The average Bonchev–Trinajstić information content (AvgIpc) is 3.30. The lowest BCUT2D eigenvalue weighted by molar-refractivity contribution is 0.230. The van der Waals surface area contributed by atoms with Crippen molar-refractivity contribution in [3.8, 4) is 11.5 Å². The van der Waals surface area contributed by atoms with Gasteiger partial charge in [0.05, 0.1) is 12.6 Å². The number of aromatic nitrogens is 5. The van der Waals surface area contributed by atoms with Crippen molar-refractivity contribution in [1.82, 2.24) is 30.2 Å². The van der Waals surface area contributed by atoms with E-state index in [2.05, 4.69) is 37.1 Å². The van der Waals surface area contributed by atoms with Crippen molar-refractivity contribution in [2.75, 3.05) is 6.54 Å². The van der Waals surface area contributed by atoms with Crippen molar-refractivity contribution in [2.24, 2.45) is 0 Å². The fourth-order valence-corrected chi connectivity index (χ4v) is 3.13. The number of aryl methyl sites for hydroxylation is 2. The number of likely N-dealkylation sites (tertiary alicyclic amines) is 1. The Balaban J connectivity index is 1.50. The molecule has 0 spiro atoms. The Morgan fingerprint density at radius 3 is 2.79 bits per heavy atom. The third-order valence-electron chi connectivity index (χ3n) is 4.39. The Bertz CT molecular complexity index is 822. The summed E-state index contributed by atoms with van der Waals surface area (Å²) in [4.78, 5) is 11.3. The van der Waals surface area contributed by atoms with Crippen LogP contribution in [0.15, 0.2) is 28.8 Å². The topological polar surface area (TPSA) is 83.7 Å². The molecule has 1 aliphatic heterocycles. The zero-order chi connectivity index (χ0) is 16.5. The highest BCUT2D eigenvalue weighted by molar-refractivity contribution is 5.53. The molecule has 1 saturated heterocycles. The van der Waals surface area contributed by atoms with Crippen molar-refractivity contribution in [3.63, 3.8) is 0 Å². The second kappa shape index (κ2) is 6.16. The fraction of sp³-hybridized carbons (Fsp3) is 0.412. The molecule has 2 aromatic heterocycles. The lowest BCUT2D eigenvalue weighted by Crippen LogP contribution is -2.24. The molecule has 0 aliphatic carbocycles. The molecule has 1 N–H and O–H groups in total. The smallest absolute Gasteiger partial charge is 0.257 e. The minimum Gasteiger partial charge on any atom is -0.334 e. The zero-order valence-electron chi connectivity index (χ0n) is 13.9. The molecule has 124 valence electrons. The van der Waals surface area contributed by atoms with E-state index in [4.69, 9.17) is 4.52 Å². The molecular weight excluding hydrogens is 304 g/mol. The summed E-state index contributed by atoms with van der Waals surface area (Å²) >= 11 is 0. The molecule has 0 bridgehead atoms. The van der Waals surface area contributed by atoms with Gasteiger partial charge >= 0.3 is 0 Å². The summed E-state index contributed by atoms with van der Waals surface area (Å²) in [6.45, 7) is 5.62. The predicted molar refractivity (Wildman–Crippen MR) is 88.0 cm³/mol. The Labute approximate surface area is 140 Å². The van der Waals surface area contributed by atoms with Crippen LogP contribution in [-0.4, -0.2) is 36.8 Å². The molecule has 1 aromatic carbocycles. The van der Waals surface area contributed by atoms with Crippen LogP contribution < -0.4 is 0 Å². The molecule has 3 aromatic rings. The molecule has 3 heterocycles. The molecule has 1 atom stereocenters. The van der Waals surface area contributed by atoms with Gasteiger partial charge in [0.25, 0.3) is 5.89 Å². The van der Waals surface area contributed by atoms with Gasteiger partial charge in [-0.1, -0.05) is 22.9 Å². The summed E-state index contributed by atoms with van der Waals surface area (Å²) in [5.74, 6) is 2.96. The number of benzene rings is 1. The van der Waals surface area contributed by atoms with Crippen LogP contribution in [0.25, 0.3) is 11.5 Å². The normalized spacial score (nSPS) is 18.3. The molecule has 7 nitrogen and oxygen atoms in total. The maximum atomic E-state index is 5.42. The van der Waals surface area contributed by atoms with Gasteiger partial charge in [0.2, 0.25) is 0 Å². The maximum Gasteiger partial charge on any atom is 0.257 e. The summed E-state index contributed by atoms with van der Waals surface area (Å²) in [6, 6.07) is 8.31. The SMILES string of the molecule is Cc1ccc(-c2nc(CN3CCCC3c3n[nH]c(C)n3)no2)cc1. The van der Waals surface area contributed by atoms with Crippen LogP contribution >= 0.6 is 0 Å².